The van der Waals surface area contributed by atoms with Gasteiger partial charge in [-0.15, -0.1) is 0 Å². The lowest BCUT2D eigenvalue weighted by Crippen LogP contribution is -2.39. The molecule has 2 amide bonds. The van der Waals surface area contributed by atoms with Gasteiger partial charge in [0.15, 0.2) is 5.65 Å². The van der Waals surface area contributed by atoms with Crippen LogP contribution in [0.15, 0.2) is 12.3 Å². The molecule has 0 bridgehead atoms. The minimum absolute atomic E-state index is 0.154. The van der Waals surface area contributed by atoms with Crippen LogP contribution in [0.5, 0.6) is 0 Å². The lowest BCUT2D eigenvalue weighted by Gasteiger charge is -2.26. The van der Waals surface area contributed by atoms with Crippen LogP contribution in [0.4, 0.5) is 10.6 Å². The molecular formula is C18H26ClN5O4. The van der Waals surface area contributed by atoms with Gasteiger partial charge in [0.25, 0.3) is 5.91 Å². The van der Waals surface area contributed by atoms with Crippen LogP contribution in [0, 0.1) is 0 Å². The molecule has 1 aliphatic rings. The van der Waals surface area contributed by atoms with E-state index < -0.39 is 11.7 Å². The topological polar surface area (TPSA) is 109 Å². The number of halogens is 1. The molecule has 3 rings (SSSR count). The third kappa shape index (κ3) is 4.90. The Morgan fingerprint density at radius 1 is 1.36 bits per heavy atom. The van der Waals surface area contributed by atoms with E-state index in [9.17, 15) is 9.59 Å². The van der Waals surface area contributed by atoms with Crippen molar-refractivity contribution < 1.29 is 19.4 Å². The summed E-state index contributed by atoms with van der Waals surface area (Å²) in [7, 11) is 2.55. The number of rotatable bonds is 3. The molecule has 0 spiro atoms. The molecule has 0 aromatic carbocycles. The highest BCUT2D eigenvalue weighted by atomic mass is 35.5. The molecule has 2 aromatic rings. The predicted octanol–water partition coefficient (Wildman–Crippen LogP) is 2.64. The molecule has 2 aromatic heterocycles. The summed E-state index contributed by atoms with van der Waals surface area (Å²) in [6, 6.07) is 1.69. The number of carbonyl (C=O) groups is 2. The molecule has 0 atom stereocenters. The van der Waals surface area contributed by atoms with E-state index in [1.165, 1.54) is 21.7 Å². The molecule has 1 saturated carbocycles. The first-order valence-corrected chi connectivity index (χ1v) is 9.30. The zero-order valence-electron chi connectivity index (χ0n) is 16.7. The molecule has 0 saturated heterocycles. The Morgan fingerprint density at radius 2 is 2.00 bits per heavy atom. The number of aliphatic hydroxyl groups excluding tert-OH is 1. The number of fused-ring (bicyclic) bond motifs is 1. The van der Waals surface area contributed by atoms with Gasteiger partial charge >= 0.3 is 6.09 Å². The van der Waals surface area contributed by atoms with Crippen LogP contribution >= 0.6 is 11.6 Å². The Balaban J connectivity index is 0.00000136. The monoisotopic (exact) mass is 411 g/mol. The minimum atomic E-state index is -0.640. The van der Waals surface area contributed by atoms with Gasteiger partial charge in [-0.25, -0.2) is 9.78 Å². The number of amides is 2. The zero-order chi connectivity index (χ0) is 21.1. The first kappa shape index (κ1) is 21.9. The van der Waals surface area contributed by atoms with Crippen LogP contribution in [0.25, 0.3) is 5.65 Å². The number of hydrogen-bond donors (Lipinski definition) is 2. The van der Waals surface area contributed by atoms with Gasteiger partial charge < -0.3 is 15.2 Å². The molecule has 2 heterocycles. The van der Waals surface area contributed by atoms with Crippen LogP contribution < -0.4 is 10.2 Å². The summed E-state index contributed by atoms with van der Waals surface area (Å²) in [5, 5.41) is 14.3. The molecule has 1 fully saturated rings. The van der Waals surface area contributed by atoms with Crippen molar-refractivity contribution in [3.8, 4) is 0 Å². The quantitative estimate of drug-likeness (QED) is 0.751. The van der Waals surface area contributed by atoms with E-state index in [4.69, 9.17) is 21.4 Å². The van der Waals surface area contributed by atoms with E-state index in [1.54, 1.807) is 27.8 Å². The molecule has 0 unspecified atom stereocenters. The fraction of sp³-hybridized carbons (Fsp3) is 0.556. The highest BCUT2D eigenvalue weighted by Gasteiger charge is 2.26. The van der Waals surface area contributed by atoms with Crippen molar-refractivity contribution in [1.82, 2.24) is 19.9 Å². The van der Waals surface area contributed by atoms with E-state index in [-0.39, 0.29) is 17.1 Å². The summed E-state index contributed by atoms with van der Waals surface area (Å²) in [6.07, 6.45) is 3.95. The standard InChI is InChI=1S/C17H22ClN5O3.CH4O/c1-17(2,3)26-16(25)22(4)13-8-12(18)21-14-11(9-19-23(13)14)15(24)20-10-6-5-7-10;1-2/h8-10H,5-7H2,1-4H3,(H,20,24);2H,1H3. The number of aliphatic hydroxyl groups is 1. The molecule has 0 radical (unpaired) electrons. The maximum Gasteiger partial charge on any atom is 0.415 e. The second-order valence-electron chi connectivity index (χ2n) is 7.37. The number of anilines is 1. The van der Waals surface area contributed by atoms with Gasteiger partial charge in [-0.2, -0.15) is 9.61 Å². The van der Waals surface area contributed by atoms with Crippen molar-refractivity contribution in [1.29, 1.82) is 0 Å². The molecule has 1 aliphatic carbocycles. The smallest absolute Gasteiger partial charge is 0.415 e. The number of hydrogen-bond acceptors (Lipinski definition) is 6. The lowest BCUT2D eigenvalue weighted by molar-refractivity contribution is 0.0587. The van der Waals surface area contributed by atoms with Crippen molar-refractivity contribution in [3.05, 3.63) is 23.0 Å². The molecular weight excluding hydrogens is 386 g/mol. The Hall–Kier alpha value is -2.39. The number of carbonyl (C=O) groups excluding carboxylic acids is 2. The van der Waals surface area contributed by atoms with E-state index in [0.717, 1.165) is 26.4 Å². The zero-order valence-corrected chi connectivity index (χ0v) is 17.4. The number of ether oxygens (including phenoxy) is 1. The average molecular weight is 412 g/mol. The van der Waals surface area contributed by atoms with E-state index in [1.807, 2.05) is 0 Å². The summed E-state index contributed by atoms with van der Waals surface area (Å²) in [4.78, 5) is 30.3. The third-order valence-corrected chi connectivity index (χ3v) is 4.31. The van der Waals surface area contributed by atoms with Crippen LogP contribution in [0.3, 0.4) is 0 Å². The highest BCUT2D eigenvalue weighted by molar-refractivity contribution is 6.30. The van der Waals surface area contributed by atoms with Crippen LogP contribution in [0.2, 0.25) is 5.15 Å². The fourth-order valence-electron chi connectivity index (χ4n) is 2.56. The summed E-state index contributed by atoms with van der Waals surface area (Å²) >= 11 is 6.12. The van der Waals surface area contributed by atoms with Crippen molar-refractivity contribution in [2.45, 2.75) is 51.7 Å². The normalized spacial score (nSPS) is 14.0. The summed E-state index contributed by atoms with van der Waals surface area (Å²) in [5.74, 6) is 0.113. The number of nitrogens with one attached hydrogen (secondary N) is 1. The molecule has 0 aliphatic heterocycles. The van der Waals surface area contributed by atoms with Gasteiger partial charge in [0.2, 0.25) is 0 Å². The van der Waals surface area contributed by atoms with Crippen molar-refractivity contribution in [3.63, 3.8) is 0 Å². The minimum Gasteiger partial charge on any atom is -0.443 e. The molecule has 28 heavy (non-hydrogen) atoms. The second-order valence-corrected chi connectivity index (χ2v) is 7.76. The van der Waals surface area contributed by atoms with Gasteiger partial charge in [0.1, 0.15) is 22.1 Å². The van der Waals surface area contributed by atoms with Crippen molar-refractivity contribution >= 4 is 35.1 Å². The summed E-state index contributed by atoms with van der Waals surface area (Å²) in [5.41, 5.74) is -0.0304. The molecule has 9 nitrogen and oxygen atoms in total. The number of nitrogens with zero attached hydrogens (tertiary/aromatic N) is 4. The molecule has 10 heteroatoms. The van der Waals surface area contributed by atoms with E-state index in [0.29, 0.717) is 17.0 Å². The first-order chi connectivity index (χ1) is 13.2. The van der Waals surface area contributed by atoms with Gasteiger partial charge in [0.05, 0.1) is 6.20 Å². The van der Waals surface area contributed by atoms with Crippen molar-refractivity contribution in [2.24, 2.45) is 0 Å². The van der Waals surface area contributed by atoms with E-state index >= 15 is 0 Å². The summed E-state index contributed by atoms with van der Waals surface area (Å²) in [6.45, 7) is 5.35. The first-order valence-electron chi connectivity index (χ1n) is 8.92. The Labute approximate surface area is 168 Å². The Kier molecular flexibility index (Phi) is 6.84. The number of aromatic nitrogens is 3. The molecule has 154 valence electrons. The maximum atomic E-state index is 12.5. The average Bonchev–Trinajstić information content (AvgIpc) is 3.00. The van der Waals surface area contributed by atoms with Crippen LogP contribution in [-0.4, -0.2) is 57.5 Å². The Bertz CT molecular complexity index is 858. The molecule has 2 N–H and O–H groups in total. The van der Waals surface area contributed by atoms with Gasteiger partial charge in [-0.05, 0) is 40.0 Å². The third-order valence-electron chi connectivity index (χ3n) is 4.12. The Morgan fingerprint density at radius 3 is 2.54 bits per heavy atom. The largest absolute Gasteiger partial charge is 0.443 e. The highest BCUT2D eigenvalue weighted by Crippen LogP contribution is 2.24. The lowest BCUT2D eigenvalue weighted by atomic mass is 9.93. The van der Waals surface area contributed by atoms with E-state index in [2.05, 4.69) is 15.4 Å². The fourth-order valence-corrected chi connectivity index (χ4v) is 2.73. The summed E-state index contributed by atoms with van der Waals surface area (Å²) < 4.78 is 6.78. The van der Waals surface area contributed by atoms with Gasteiger partial charge in [-0.1, -0.05) is 11.6 Å². The second kappa shape index (κ2) is 8.74. The van der Waals surface area contributed by atoms with Gasteiger partial charge in [0, 0.05) is 26.3 Å². The van der Waals surface area contributed by atoms with Crippen LogP contribution in [-0.2, 0) is 4.74 Å². The predicted molar refractivity (Wildman–Crippen MR) is 106 cm³/mol. The maximum absolute atomic E-state index is 12.5. The SMILES string of the molecule is CN(C(=O)OC(C)(C)C)c1cc(Cl)nc2c(C(=O)NC3CCC3)cnn12.CO. The van der Waals surface area contributed by atoms with Gasteiger partial charge in [-0.3, -0.25) is 9.69 Å². The van der Waals surface area contributed by atoms with Crippen molar-refractivity contribution in [2.75, 3.05) is 19.1 Å². The van der Waals surface area contributed by atoms with Crippen LogP contribution in [0.1, 0.15) is 50.4 Å².